The molecule has 4 aromatic rings. The Morgan fingerprint density at radius 2 is 1.89 bits per heavy atom. The minimum atomic E-state index is -4.86. The number of halogens is 5. The van der Waals surface area contributed by atoms with Crippen LogP contribution < -0.4 is 11.5 Å². The molecule has 4 atom stereocenters. The molecule has 0 spiro atoms. The molecule has 1 aliphatic carbocycles. The number of aliphatic hydroxyl groups is 2. The fourth-order valence-corrected chi connectivity index (χ4v) is 5.38. The summed E-state index contributed by atoms with van der Waals surface area (Å²) in [6, 6.07) is 5.92. The highest BCUT2D eigenvalue weighted by molar-refractivity contribution is 6.33. The third-order valence-electron chi connectivity index (χ3n) is 7.21. The number of nitrogens with two attached hydrogens (primary N) is 2. The molecule has 12 heteroatoms. The van der Waals surface area contributed by atoms with E-state index in [2.05, 4.69) is 9.97 Å². The highest BCUT2D eigenvalue weighted by atomic mass is 35.5. The van der Waals surface area contributed by atoms with E-state index in [4.69, 9.17) is 23.1 Å². The topological polar surface area (TPSA) is 123 Å². The molecular weight excluding hydrogens is 502 g/mol. The molecule has 0 bridgehead atoms. The first kappa shape index (κ1) is 24.5. The van der Waals surface area contributed by atoms with Gasteiger partial charge in [0.05, 0.1) is 28.1 Å². The maximum atomic E-state index is 14.7. The maximum Gasteiger partial charge on any atom is 0.397 e. The highest BCUT2D eigenvalue weighted by Crippen LogP contribution is 2.57. The van der Waals surface area contributed by atoms with Gasteiger partial charge in [-0.3, -0.25) is 0 Å². The Morgan fingerprint density at radius 1 is 1.14 bits per heavy atom. The lowest BCUT2D eigenvalue weighted by Crippen LogP contribution is -2.47. The molecule has 5 rings (SSSR count). The van der Waals surface area contributed by atoms with Gasteiger partial charge >= 0.3 is 6.18 Å². The standard InChI is InChI=1S/C24H22ClF4N5O2/c25-14-9-13-15(26)7-11(8-17(13)33-21(14)31)1-4-23(24(27,28)29)10-18(19(35)20(23)36)34-6-3-12-16(30)2-5-32-22(12)34/h2-3,5-9,18-20,35-36H,1,4,10H2,(H2,30,32)(H2,31,33)/t18-,19+,20+,23-/m1/s1. The summed E-state index contributed by atoms with van der Waals surface area (Å²) in [6.45, 7) is 0. The Kier molecular flexibility index (Phi) is 5.77. The zero-order valence-corrected chi connectivity index (χ0v) is 19.4. The van der Waals surface area contributed by atoms with Crippen LogP contribution in [-0.2, 0) is 6.42 Å². The molecule has 0 saturated heterocycles. The number of aryl methyl sites for hydroxylation is 1. The number of anilines is 2. The molecule has 190 valence electrons. The summed E-state index contributed by atoms with van der Waals surface area (Å²) in [7, 11) is 0. The molecule has 7 nitrogen and oxygen atoms in total. The van der Waals surface area contributed by atoms with E-state index >= 15 is 0 Å². The van der Waals surface area contributed by atoms with Crippen LogP contribution in [0.5, 0.6) is 0 Å². The molecule has 36 heavy (non-hydrogen) atoms. The van der Waals surface area contributed by atoms with Crippen molar-refractivity contribution in [2.24, 2.45) is 5.41 Å². The lowest BCUT2D eigenvalue weighted by atomic mass is 9.77. The van der Waals surface area contributed by atoms with Crippen LogP contribution in [0.3, 0.4) is 0 Å². The summed E-state index contributed by atoms with van der Waals surface area (Å²) in [4.78, 5) is 8.23. The Labute approximate surface area is 207 Å². The second kappa shape index (κ2) is 8.46. The van der Waals surface area contributed by atoms with Crippen molar-refractivity contribution in [3.63, 3.8) is 0 Å². The summed E-state index contributed by atoms with van der Waals surface area (Å²) in [5, 5.41) is 22.2. The second-order valence-electron chi connectivity index (χ2n) is 9.22. The molecule has 1 aromatic carbocycles. The van der Waals surface area contributed by atoms with Crippen molar-refractivity contribution in [1.82, 2.24) is 14.5 Å². The number of benzene rings is 1. The van der Waals surface area contributed by atoms with Crippen LogP contribution in [0.25, 0.3) is 21.9 Å². The van der Waals surface area contributed by atoms with Crippen molar-refractivity contribution < 1.29 is 27.8 Å². The van der Waals surface area contributed by atoms with Gasteiger partial charge in [0.25, 0.3) is 0 Å². The van der Waals surface area contributed by atoms with Crippen LogP contribution in [-0.4, -0.2) is 43.1 Å². The van der Waals surface area contributed by atoms with Crippen LogP contribution in [0.4, 0.5) is 29.1 Å². The van der Waals surface area contributed by atoms with Crippen molar-refractivity contribution in [3.05, 3.63) is 59.1 Å². The molecule has 0 radical (unpaired) electrons. The lowest BCUT2D eigenvalue weighted by molar-refractivity contribution is -0.255. The largest absolute Gasteiger partial charge is 0.398 e. The monoisotopic (exact) mass is 523 g/mol. The quantitative estimate of drug-likeness (QED) is 0.294. The van der Waals surface area contributed by atoms with Gasteiger partial charge in [0, 0.05) is 28.9 Å². The van der Waals surface area contributed by atoms with E-state index in [1.54, 1.807) is 12.1 Å². The van der Waals surface area contributed by atoms with Crippen LogP contribution in [0.1, 0.15) is 24.4 Å². The Hall–Kier alpha value is -3.15. The zero-order valence-electron chi connectivity index (χ0n) is 18.7. The van der Waals surface area contributed by atoms with Crippen molar-refractivity contribution >= 4 is 45.0 Å². The number of rotatable bonds is 4. The van der Waals surface area contributed by atoms with Crippen LogP contribution in [0.2, 0.25) is 5.02 Å². The minimum absolute atomic E-state index is 0.0298. The third kappa shape index (κ3) is 3.73. The van der Waals surface area contributed by atoms with Gasteiger partial charge in [-0.2, -0.15) is 13.2 Å². The van der Waals surface area contributed by atoms with E-state index in [0.29, 0.717) is 16.7 Å². The first-order chi connectivity index (χ1) is 16.9. The Morgan fingerprint density at radius 3 is 2.61 bits per heavy atom. The number of aliphatic hydroxyl groups excluding tert-OH is 2. The van der Waals surface area contributed by atoms with E-state index in [-0.39, 0.29) is 33.7 Å². The molecule has 1 aliphatic rings. The van der Waals surface area contributed by atoms with Crippen molar-refractivity contribution in [2.75, 3.05) is 11.5 Å². The number of alkyl halides is 3. The van der Waals surface area contributed by atoms with Crippen LogP contribution >= 0.6 is 11.6 Å². The fraction of sp³-hybridized carbons (Fsp3) is 0.333. The van der Waals surface area contributed by atoms with Crippen molar-refractivity contribution in [3.8, 4) is 0 Å². The van der Waals surface area contributed by atoms with E-state index in [1.807, 2.05) is 0 Å². The number of hydrogen-bond donors (Lipinski definition) is 4. The normalized spacial score (nSPS) is 24.7. The summed E-state index contributed by atoms with van der Waals surface area (Å²) in [5.41, 5.74) is 10.1. The molecule has 3 aromatic heterocycles. The lowest BCUT2D eigenvalue weighted by Gasteiger charge is -2.35. The third-order valence-corrected chi connectivity index (χ3v) is 7.51. The number of nitrogens with zero attached hydrogens (tertiary/aromatic N) is 3. The maximum absolute atomic E-state index is 14.7. The molecule has 1 saturated carbocycles. The predicted octanol–water partition coefficient (Wildman–Crippen LogP) is 4.39. The summed E-state index contributed by atoms with van der Waals surface area (Å²) < 4.78 is 59.7. The highest BCUT2D eigenvalue weighted by Gasteiger charge is 2.66. The van der Waals surface area contributed by atoms with Gasteiger partial charge in [-0.25, -0.2) is 14.4 Å². The van der Waals surface area contributed by atoms with E-state index in [0.717, 1.165) is 6.07 Å². The van der Waals surface area contributed by atoms with Gasteiger partial charge in [-0.1, -0.05) is 11.6 Å². The van der Waals surface area contributed by atoms with E-state index in [9.17, 15) is 27.8 Å². The Bertz CT molecular complexity index is 1480. The smallest absolute Gasteiger partial charge is 0.397 e. The number of aromatic nitrogens is 3. The molecule has 0 unspecified atom stereocenters. The van der Waals surface area contributed by atoms with Crippen molar-refractivity contribution in [2.45, 2.75) is 43.7 Å². The summed E-state index contributed by atoms with van der Waals surface area (Å²) in [6.07, 6.45) is -7.19. The zero-order chi connectivity index (χ0) is 26.0. The fourth-order valence-electron chi connectivity index (χ4n) is 5.22. The molecule has 6 N–H and O–H groups in total. The molecular formula is C24H22ClF4N5O2. The molecule has 1 fully saturated rings. The van der Waals surface area contributed by atoms with Gasteiger partial charge in [0.15, 0.2) is 0 Å². The van der Waals surface area contributed by atoms with Gasteiger partial charge in [0.2, 0.25) is 0 Å². The van der Waals surface area contributed by atoms with Gasteiger partial charge in [0.1, 0.15) is 23.4 Å². The van der Waals surface area contributed by atoms with Gasteiger partial charge < -0.3 is 26.2 Å². The SMILES string of the molecule is Nc1nc2cc(CC[C@@]3(C(F)(F)F)C[C@@H](n4ccc5c(N)ccnc54)[C@H](O)[C@@H]3O)cc(F)c2cc1Cl. The molecule has 0 aliphatic heterocycles. The van der Waals surface area contributed by atoms with Crippen LogP contribution in [0.15, 0.2) is 42.7 Å². The van der Waals surface area contributed by atoms with Crippen LogP contribution in [0, 0.1) is 11.2 Å². The van der Waals surface area contributed by atoms with E-state index < -0.39 is 48.5 Å². The number of pyridine rings is 2. The number of fused-ring (bicyclic) bond motifs is 2. The first-order valence-corrected chi connectivity index (χ1v) is 11.5. The first-order valence-electron chi connectivity index (χ1n) is 11.1. The molecule has 3 heterocycles. The summed E-state index contributed by atoms with van der Waals surface area (Å²) >= 11 is 5.90. The Balaban J connectivity index is 1.50. The predicted molar refractivity (Wildman–Crippen MR) is 128 cm³/mol. The summed E-state index contributed by atoms with van der Waals surface area (Å²) in [5.74, 6) is -0.733. The van der Waals surface area contributed by atoms with Gasteiger partial charge in [-0.05, 0) is 55.2 Å². The number of hydrogen-bond acceptors (Lipinski definition) is 6. The average molecular weight is 524 g/mol. The average Bonchev–Trinajstić information content (AvgIpc) is 3.34. The molecule has 0 amide bonds. The van der Waals surface area contributed by atoms with Gasteiger partial charge in [-0.15, -0.1) is 0 Å². The second-order valence-corrected chi connectivity index (χ2v) is 9.63. The van der Waals surface area contributed by atoms with Crippen molar-refractivity contribution in [1.29, 1.82) is 0 Å². The van der Waals surface area contributed by atoms with E-state index in [1.165, 1.54) is 29.1 Å². The number of nitrogen functional groups attached to an aromatic ring is 2. The minimum Gasteiger partial charge on any atom is -0.398 e.